The minimum Gasteiger partial charge on any atom is -0.490 e. The molecule has 3 aromatic rings. The van der Waals surface area contributed by atoms with Gasteiger partial charge in [-0.05, 0) is 30.2 Å². The van der Waals surface area contributed by atoms with Gasteiger partial charge in [0.25, 0.3) is 0 Å². The third-order valence-corrected chi connectivity index (χ3v) is 4.39. The molecule has 1 amide bonds. The quantitative estimate of drug-likeness (QED) is 0.727. The molecule has 7 heteroatoms. The van der Waals surface area contributed by atoms with E-state index in [-0.39, 0.29) is 11.9 Å². The van der Waals surface area contributed by atoms with E-state index in [0.29, 0.717) is 37.1 Å². The van der Waals surface area contributed by atoms with Gasteiger partial charge in [-0.1, -0.05) is 36.4 Å². The third kappa shape index (κ3) is 3.62. The molecule has 0 saturated heterocycles. The van der Waals surface area contributed by atoms with E-state index in [1.54, 1.807) is 4.68 Å². The molecule has 1 N–H and O–H groups in total. The summed E-state index contributed by atoms with van der Waals surface area (Å²) in [7, 11) is 0. The average Bonchev–Trinajstić information content (AvgIpc) is 3.15. The average molecular weight is 364 g/mol. The maximum absolute atomic E-state index is 12.0. The van der Waals surface area contributed by atoms with Crippen LogP contribution >= 0.6 is 0 Å². The summed E-state index contributed by atoms with van der Waals surface area (Å²) < 4.78 is 13.5. The first-order valence-electron chi connectivity index (χ1n) is 8.87. The number of fused-ring (bicyclic) bond motifs is 1. The zero-order chi connectivity index (χ0) is 18.6. The molecule has 1 aromatic heterocycles. The van der Waals surface area contributed by atoms with Crippen LogP contribution in [0.5, 0.6) is 11.5 Å². The molecule has 0 aliphatic carbocycles. The first-order chi connectivity index (χ1) is 13.2. The fourth-order valence-electron chi connectivity index (χ4n) is 3.12. The predicted molar refractivity (Wildman–Crippen MR) is 99.8 cm³/mol. The molecule has 0 spiro atoms. The van der Waals surface area contributed by atoms with E-state index < -0.39 is 0 Å². The summed E-state index contributed by atoms with van der Waals surface area (Å²) in [5.74, 6) is 1.70. The summed E-state index contributed by atoms with van der Waals surface area (Å²) >= 11 is 0. The standard InChI is InChI=1S/C20H20N4O3/c1-2-26-18-10-15(16-11-19(25)23-20-21-13-22-24(16)20)8-9-17(18)27-12-14-6-4-3-5-7-14/h3-10,13,16H,2,11-12H2,1H3,(H,21,22,23,25)/t16-/m1/s1. The summed E-state index contributed by atoms with van der Waals surface area (Å²) in [6.07, 6.45) is 1.74. The number of nitrogens with one attached hydrogen (secondary N) is 1. The number of hydrogen-bond acceptors (Lipinski definition) is 5. The molecule has 1 aliphatic heterocycles. The molecular weight excluding hydrogens is 344 g/mol. The lowest BCUT2D eigenvalue weighted by Gasteiger charge is -2.24. The Morgan fingerprint density at radius 1 is 1.15 bits per heavy atom. The van der Waals surface area contributed by atoms with E-state index in [9.17, 15) is 4.79 Å². The number of aromatic nitrogens is 3. The van der Waals surface area contributed by atoms with Crippen molar-refractivity contribution in [2.75, 3.05) is 11.9 Å². The van der Waals surface area contributed by atoms with Crippen molar-refractivity contribution in [3.63, 3.8) is 0 Å². The monoisotopic (exact) mass is 364 g/mol. The highest BCUT2D eigenvalue weighted by Crippen LogP contribution is 2.35. The highest BCUT2D eigenvalue weighted by Gasteiger charge is 2.28. The molecule has 2 heterocycles. The van der Waals surface area contributed by atoms with Crippen LogP contribution in [-0.2, 0) is 11.4 Å². The molecule has 0 fully saturated rings. The van der Waals surface area contributed by atoms with Crippen molar-refractivity contribution in [3.8, 4) is 11.5 Å². The van der Waals surface area contributed by atoms with Crippen molar-refractivity contribution in [2.24, 2.45) is 0 Å². The Kier molecular flexibility index (Phi) is 4.74. The van der Waals surface area contributed by atoms with Crippen LogP contribution < -0.4 is 14.8 Å². The van der Waals surface area contributed by atoms with Crippen LogP contribution in [0.15, 0.2) is 54.9 Å². The molecule has 0 unspecified atom stereocenters. The lowest BCUT2D eigenvalue weighted by atomic mass is 10.0. The van der Waals surface area contributed by atoms with E-state index in [2.05, 4.69) is 15.4 Å². The number of nitrogens with zero attached hydrogens (tertiary/aromatic N) is 3. The van der Waals surface area contributed by atoms with Crippen molar-refractivity contribution >= 4 is 11.9 Å². The van der Waals surface area contributed by atoms with Crippen LogP contribution in [0.25, 0.3) is 0 Å². The number of benzene rings is 2. The Labute approximate surface area is 156 Å². The highest BCUT2D eigenvalue weighted by atomic mass is 16.5. The van der Waals surface area contributed by atoms with E-state index >= 15 is 0 Å². The van der Waals surface area contributed by atoms with E-state index in [1.165, 1.54) is 6.33 Å². The minimum absolute atomic E-state index is 0.0807. The van der Waals surface area contributed by atoms with E-state index in [1.807, 2.05) is 55.5 Å². The zero-order valence-corrected chi connectivity index (χ0v) is 15.0. The first-order valence-corrected chi connectivity index (χ1v) is 8.87. The van der Waals surface area contributed by atoms with Crippen LogP contribution in [0, 0.1) is 0 Å². The first kappa shape index (κ1) is 17.1. The Morgan fingerprint density at radius 2 is 2.00 bits per heavy atom. The lowest BCUT2D eigenvalue weighted by Crippen LogP contribution is -2.29. The van der Waals surface area contributed by atoms with Gasteiger partial charge in [0.15, 0.2) is 11.5 Å². The van der Waals surface area contributed by atoms with Gasteiger partial charge in [0.1, 0.15) is 12.9 Å². The van der Waals surface area contributed by atoms with Crippen LogP contribution in [-0.4, -0.2) is 27.3 Å². The van der Waals surface area contributed by atoms with Gasteiger partial charge < -0.3 is 9.47 Å². The number of hydrogen-bond donors (Lipinski definition) is 1. The second kappa shape index (κ2) is 7.49. The van der Waals surface area contributed by atoms with Crippen LogP contribution in [0.2, 0.25) is 0 Å². The Hall–Kier alpha value is -3.35. The summed E-state index contributed by atoms with van der Waals surface area (Å²) in [5, 5.41) is 6.97. The molecule has 1 atom stereocenters. The summed E-state index contributed by atoms with van der Waals surface area (Å²) in [5.41, 5.74) is 2.01. The highest BCUT2D eigenvalue weighted by molar-refractivity contribution is 5.91. The maximum atomic E-state index is 12.0. The molecule has 138 valence electrons. The molecule has 1 aliphatic rings. The van der Waals surface area contributed by atoms with Gasteiger partial charge in [0.05, 0.1) is 19.1 Å². The fourth-order valence-corrected chi connectivity index (χ4v) is 3.12. The van der Waals surface area contributed by atoms with Gasteiger partial charge in [-0.25, -0.2) is 4.68 Å². The van der Waals surface area contributed by atoms with Crippen molar-refractivity contribution in [2.45, 2.75) is 26.0 Å². The van der Waals surface area contributed by atoms with Gasteiger partial charge >= 0.3 is 0 Å². The number of amides is 1. The molecule has 0 saturated carbocycles. The van der Waals surface area contributed by atoms with Crippen LogP contribution in [0.3, 0.4) is 0 Å². The van der Waals surface area contributed by atoms with Gasteiger partial charge in [-0.15, -0.1) is 0 Å². The molecule has 0 radical (unpaired) electrons. The minimum atomic E-state index is -0.223. The summed E-state index contributed by atoms with van der Waals surface area (Å²) in [6, 6.07) is 15.5. The third-order valence-electron chi connectivity index (χ3n) is 4.39. The van der Waals surface area contributed by atoms with Gasteiger partial charge in [0.2, 0.25) is 11.9 Å². The Balaban J connectivity index is 1.60. The number of anilines is 1. The molecule has 27 heavy (non-hydrogen) atoms. The van der Waals surface area contributed by atoms with Gasteiger partial charge in [-0.2, -0.15) is 10.1 Å². The number of carbonyl (C=O) groups is 1. The fraction of sp³-hybridized carbons (Fsp3) is 0.250. The van der Waals surface area contributed by atoms with Crippen molar-refractivity contribution in [1.29, 1.82) is 0 Å². The number of rotatable bonds is 6. The second-order valence-electron chi connectivity index (χ2n) is 6.21. The van der Waals surface area contributed by atoms with Gasteiger partial charge in [-0.3, -0.25) is 10.1 Å². The molecule has 7 nitrogen and oxygen atoms in total. The zero-order valence-electron chi connectivity index (χ0n) is 15.0. The smallest absolute Gasteiger partial charge is 0.229 e. The van der Waals surface area contributed by atoms with Crippen molar-refractivity contribution in [1.82, 2.24) is 14.8 Å². The Bertz CT molecular complexity index is 939. The van der Waals surface area contributed by atoms with Crippen molar-refractivity contribution in [3.05, 3.63) is 66.0 Å². The Morgan fingerprint density at radius 3 is 2.81 bits per heavy atom. The SMILES string of the molecule is CCOc1cc([C@H]2CC(=O)Nc3ncnn32)ccc1OCc1ccccc1. The van der Waals surface area contributed by atoms with E-state index in [0.717, 1.165) is 11.1 Å². The second-order valence-corrected chi connectivity index (χ2v) is 6.21. The molecule has 4 rings (SSSR count). The number of carbonyl (C=O) groups excluding carboxylic acids is 1. The summed E-state index contributed by atoms with van der Waals surface area (Å²) in [4.78, 5) is 16.1. The predicted octanol–water partition coefficient (Wildman–Crippen LogP) is 3.19. The normalized spacial score (nSPS) is 15.7. The molecule has 2 aromatic carbocycles. The van der Waals surface area contributed by atoms with Crippen LogP contribution in [0.4, 0.5) is 5.95 Å². The van der Waals surface area contributed by atoms with Crippen LogP contribution in [0.1, 0.15) is 30.5 Å². The largest absolute Gasteiger partial charge is 0.490 e. The maximum Gasteiger partial charge on any atom is 0.229 e. The van der Waals surface area contributed by atoms with E-state index in [4.69, 9.17) is 9.47 Å². The van der Waals surface area contributed by atoms with Gasteiger partial charge in [0, 0.05) is 0 Å². The van der Waals surface area contributed by atoms with Crippen molar-refractivity contribution < 1.29 is 14.3 Å². The summed E-state index contributed by atoms with van der Waals surface area (Å²) in [6.45, 7) is 2.90. The number of ether oxygens (including phenoxy) is 2. The molecular formula is C20H20N4O3. The molecule has 0 bridgehead atoms. The lowest BCUT2D eigenvalue weighted by molar-refractivity contribution is -0.117. The topological polar surface area (TPSA) is 78.3 Å².